The van der Waals surface area contributed by atoms with Crippen molar-refractivity contribution in [3.05, 3.63) is 31.9 Å². The molecule has 3 fully saturated rings. The Morgan fingerprint density at radius 1 is 1.27 bits per heavy atom. The lowest BCUT2D eigenvalue weighted by Gasteiger charge is -2.35. The van der Waals surface area contributed by atoms with Gasteiger partial charge in [-0.15, -0.1) is 0 Å². The predicted molar refractivity (Wildman–Crippen MR) is 134 cm³/mol. The smallest absolute Gasteiger partial charge is 0.270 e. The first-order chi connectivity index (χ1) is 15.5. The lowest BCUT2D eigenvalue weighted by molar-refractivity contribution is -0.123. The second-order valence-electron chi connectivity index (χ2n) is 9.02. The van der Waals surface area contributed by atoms with Gasteiger partial charge in [-0.05, 0) is 43.7 Å². The van der Waals surface area contributed by atoms with Crippen molar-refractivity contribution in [2.75, 3.05) is 29.5 Å². The Kier molecular flexibility index (Phi) is 6.46. The van der Waals surface area contributed by atoms with Gasteiger partial charge in [0.1, 0.15) is 21.8 Å². The fourth-order valence-corrected chi connectivity index (χ4v) is 7.96. The summed E-state index contributed by atoms with van der Waals surface area (Å²) in [4.78, 5) is 30.1. The third-order valence-electron chi connectivity index (χ3n) is 6.60. The van der Waals surface area contributed by atoms with Crippen LogP contribution < -0.4 is 10.5 Å². The monoisotopic (exact) mass is 506 g/mol. The second-order valence-corrected chi connectivity index (χ2v) is 12.9. The van der Waals surface area contributed by atoms with Gasteiger partial charge in [-0.3, -0.25) is 19.1 Å². The number of aromatic nitrogens is 1. The Balaban J connectivity index is 1.81. The molecule has 0 N–H and O–H groups in total. The molecule has 4 rings (SSSR count). The summed E-state index contributed by atoms with van der Waals surface area (Å²) in [6, 6.07) is 1.56. The van der Waals surface area contributed by atoms with Gasteiger partial charge in [0.25, 0.3) is 11.5 Å². The number of nitrogens with zero attached hydrogens (tertiary/aromatic N) is 4. The van der Waals surface area contributed by atoms with Crippen molar-refractivity contribution in [2.45, 2.75) is 39.2 Å². The van der Waals surface area contributed by atoms with Crippen molar-refractivity contribution >= 4 is 55.9 Å². The van der Waals surface area contributed by atoms with Crippen LogP contribution in [0.15, 0.2) is 9.70 Å². The number of rotatable bonds is 3. The zero-order chi connectivity index (χ0) is 24.1. The van der Waals surface area contributed by atoms with Crippen LogP contribution >= 0.6 is 24.0 Å². The van der Waals surface area contributed by atoms with Gasteiger partial charge in [-0.2, -0.15) is 5.26 Å². The standard InChI is InChI=1S/C22H26N4O4S3/c1-13-5-4-7-25(11-13)19-16(14(2)17(10-23)20(27)24(19)3)9-18-21(28)26(22(31)32-18)15-6-8-33(29,30)12-15/h9,13,15H,4-8,11-12H2,1-3H3/b18-9+. The fourth-order valence-electron chi connectivity index (χ4n) is 4.88. The van der Waals surface area contributed by atoms with Crippen LogP contribution in [0.1, 0.15) is 42.9 Å². The average molecular weight is 507 g/mol. The molecule has 1 amide bonds. The largest absolute Gasteiger partial charge is 0.357 e. The molecule has 0 spiro atoms. The maximum absolute atomic E-state index is 13.3. The number of piperidine rings is 1. The molecule has 2 atom stereocenters. The zero-order valence-electron chi connectivity index (χ0n) is 18.8. The van der Waals surface area contributed by atoms with E-state index in [9.17, 15) is 23.3 Å². The lowest BCUT2D eigenvalue weighted by Crippen LogP contribution is -2.39. The molecule has 0 bridgehead atoms. The van der Waals surface area contributed by atoms with Gasteiger partial charge in [-0.1, -0.05) is 30.9 Å². The van der Waals surface area contributed by atoms with E-state index in [2.05, 4.69) is 11.8 Å². The molecule has 3 aliphatic heterocycles. The fraction of sp³-hybridized carbons (Fsp3) is 0.545. The summed E-state index contributed by atoms with van der Waals surface area (Å²) >= 11 is 6.58. The van der Waals surface area contributed by atoms with Gasteiger partial charge in [0, 0.05) is 25.7 Å². The summed E-state index contributed by atoms with van der Waals surface area (Å²) in [6.07, 6.45) is 4.19. The van der Waals surface area contributed by atoms with Crippen molar-refractivity contribution in [3.8, 4) is 6.07 Å². The number of amides is 1. The van der Waals surface area contributed by atoms with E-state index in [-0.39, 0.29) is 28.5 Å². The molecule has 0 radical (unpaired) electrons. The number of anilines is 1. The summed E-state index contributed by atoms with van der Waals surface area (Å²) in [6.45, 7) is 5.46. The lowest BCUT2D eigenvalue weighted by atomic mass is 9.98. The molecule has 2 unspecified atom stereocenters. The molecule has 8 nitrogen and oxygen atoms in total. The van der Waals surface area contributed by atoms with Gasteiger partial charge >= 0.3 is 0 Å². The Hall–Kier alpha value is -2.16. The highest BCUT2D eigenvalue weighted by Crippen LogP contribution is 2.38. The number of carbonyl (C=O) groups is 1. The zero-order valence-corrected chi connectivity index (χ0v) is 21.3. The SMILES string of the molecule is Cc1c(/C=C2/SC(=S)N(C3CCS(=O)(=O)C3)C2=O)c(N2CCCC(C)C2)n(C)c(=O)c1C#N. The van der Waals surface area contributed by atoms with Gasteiger partial charge < -0.3 is 4.90 Å². The van der Waals surface area contributed by atoms with Crippen molar-refractivity contribution < 1.29 is 13.2 Å². The number of hydrogen-bond donors (Lipinski definition) is 0. The van der Waals surface area contributed by atoms with Crippen LogP contribution in [0.25, 0.3) is 6.08 Å². The van der Waals surface area contributed by atoms with E-state index in [1.807, 2.05) is 6.07 Å². The van der Waals surface area contributed by atoms with E-state index in [0.717, 1.165) is 37.7 Å². The first kappa shape index (κ1) is 24.0. The highest BCUT2D eigenvalue weighted by atomic mass is 32.2. The van der Waals surface area contributed by atoms with Crippen LogP contribution in [-0.2, 0) is 21.7 Å². The molecule has 1 aromatic rings. The average Bonchev–Trinajstić information content (AvgIpc) is 3.24. The molecule has 11 heteroatoms. The molecular weight excluding hydrogens is 480 g/mol. The van der Waals surface area contributed by atoms with Crippen LogP contribution in [0.5, 0.6) is 0 Å². The molecule has 0 saturated carbocycles. The number of hydrogen-bond acceptors (Lipinski definition) is 8. The maximum Gasteiger partial charge on any atom is 0.270 e. The summed E-state index contributed by atoms with van der Waals surface area (Å²) in [5, 5.41) is 9.63. The van der Waals surface area contributed by atoms with Crippen LogP contribution in [0, 0.1) is 24.2 Å². The maximum atomic E-state index is 13.3. The number of pyridine rings is 1. The molecular formula is C22H26N4O4S3. The molecule has 3 saturated heterocycles. The Labute approximate surface area is 203 Å². The third kappa shape index (κ3) is 4.36. The van der Waals surface area contributed by atoms with E-state index in [1.54, 1.807) is 20.0 Å². The van der Waals surface area contributed by atoms with Crippen molar-refractivity contribution in [1.82, 2.24) is 9.47 Å². The van der Waals surface area contributed by atoms with E-state index in [0.29, 0.717) is 38.5 Å². The third-order valence-corrected chi connectivity index (χ3v) is 9.68. The van der Waals surface area contributed by atoms with E-state index in [1.165, 1.54) is 9.47 Å². The second kappa shape index (κ2) is 8.89. The number of thioether (sulfide) groups is 1. The number of carbonyl (C=O) groups excluding carboxylic acids is 1. The van der Waals surface area contributed by atoms with Gasteiger partial charge in [0.2, 0.25) is 0 Å². The topological polar surface area (TPSA) is 103 Å². The molecule has 33 heavy (non-hydrogen) atoms. The first-order valence-corrected chi connectivity index (χ1v) is 13.9. The highest BCUT2D eigenvalue weighted by Gasteiger charge is 2.42. The molecule has 0 aromatic carbocycles. The molecule has 0 aliphatic carbocycles. The summed E-state index contributed by atoms with van der Waals surface area (Å²) < 4.78 is 25.7. The summed E-state index contributed by atoms with van der Waals surface area (Å²) in [5.41, 5.74) is 0.879. The van der Waals surface area contributed by atoms with Crippen molar-refractivity contribution in [1.29, 1.82) is 5.26 Å². The molecule has 4 heterocycles. The van der Waals surface area contributed by atoms with Crippen LogP contribution in [0.3, 0.4) is 0 Å². The normalized spacial score (nSPS) is 26.3. The molecule has 176 valence electrons. The molecule has 1 aromatic heterocycles. The minimum Gasteiger partial charge on any atom is -0.357 e. The minimum absolute atomic E-state index is 0.0509. The van der Waals surface area contributed by atoms with Crippen molar-refractivity contribution in [2.24, 2.45) is 13.0 Å². The quantitative estimate of drug-likeness (QED) is 0.454. The van der Waals surface area contributed by atoms with Crippen LogP contribution in [0.2, 0.25) is 0 Å². The predicted octanol–water partition coefficient (Wildman–Crippen LogP) is 2.19. The Bertz CT molecular complexity index is 1280. The number of thiocarbonyl (C=S) groups is 1. The minimum atomic E-state index is -3.17. The van der Waals surface area contributed by atoms with Crippen LogP contribution in [0.4, 0.5) is 5.82 Å². The Morgan fingerprint density at radius 3 is 2.61 bits per heavy atom. The molecule has 3 aliphatic rings. The van der Waals surface area contributed by atoms with Crippen molar-refractivity contribution in [3.63, 3.8) is 0 Å². The summed E-state index contributed by atoms with van der Waals surface area (Å²) in [5.74, 6) is 0.797. The number of nitriles is 1. The Morgan fingerprint density at radius 2 is 2.00 bits per heavy atom. The highest BCUT2D eigenvalue weighted by molar-refractivity contribution is 8.26. The van der Waals surface area contributed by atoms with Gasteiger partial charge in [-0.25, -0.2) is 8.42 Å². The van der Waals surface area contributed by atoms with Gasteiger partial charge in [0.15, 0.2) is 9.84 Å². The first-order valence-electron chi connectivity index (χ1n) is 10.9. The summed E-state index contributed by atoms with van der Waals surface area (Å²) in [7, 11) is -1.52. The van der Waals surface area contributed by atoms with Gasteiger partial charge in [0.05, 0.1) is 22.5 Å². The van der Waals surface area contributed by atoms with Crippen LogP contribution in [-0.4, -0.2) is 58.7 Å². The van der Waals surface area contributed by atoms with E-state index in [4.69, 9.17) is 12.2 Å². The van der Waals surface area contributed by atoms with E-state index < -0.39 is 15.9 Å². The number of sulfone groups is 1. The van der Waals surface area contributed by atoms with E-state index >= 15 is 0 Å².